The van der Waals surface area contributed by atoms with E-state index in [9.17, 15) is 4.79 Å². The van der Waals surface area contributed by atoms with E-state index in [0.717, 1.165) is 23.9 Å². The number of carbonyl (C=O) groups is 1. The Morgan fingerprint density at radius 2 is 1.82 bits per heavy atom. The third-order valence-electron chi connectivity index (χ3n) is 5.14. The van der Waals surface area contributed by atoms with E-state index in [1.54, 1.807) is 0 Å². The zero-order valence-corrected chi connectivity index (χ0v) is 17.2. The van der Waals surface area contributed by atoms with Gasteiger partial charge < -0.3 is 14.6 Å². The quantitative estimate of drug-likeness (QED) is 0.553. The zero-order valence-electron chi connectivity index (χ0n) is 17.2. The van der Waals surface area contributed by atoms with Gasteiger partial charge in [0.25, 0.3) is 0 Å². The molecule has 2 atom stereocenters. The predicted octanol–water partition coefficient (Wildman–Crippen LogP) is 5.12. The summed E-state index contributed by atoms with van der Waals surface area (Å²) in [6, 6.07) is 19.6. The van der Waals surface area contributed by atoms with E-state index in [4.69, 9.17) is 4.74 Å². The molecule has 0 saturated carbocycles. The molecule has 2 aromatic carbocycles. The van der Waals surface area contributed by atoms with E-state index >= 15 is 0 Å². The van der Waals surface area contributed by atoms with Crippen LogP contribution in [-0.2, 0) is 17.7 Å². The van der Waals surface area contributed by atoms with Crippen LogP contribution < -0.4 is 5.32 Å². The van der Waals surface area contributed by atoms with Crippen LogP contribution in [0, 0.1) is 0 Å². The lowest BCUT2D eigenvalue weighted by atomic mass is 10.0. The number of aromatic nitrogens is 1. The van der Waals surface area contributed by atoms with Crippen molar-refractivity contribution in [3.63, 3.8) is 0 Å². The van der Waals surface area contributed by atoms with E-state index in [0.29, 0.717) is 24.4 Å². The molecule has 4 nitrogen and oxygen atoms in total. The lowest BCUT2D eigenvalue weighted by Gasteiger charge is -2.20. The number of nitrogens with zero attached hydrogens (tertiary/aromatic N) is 1. The Labute approximate surface area is 167 Å². The van der Waals surface area contributed by atoms with Gasteiger partial charge in [-0.05, 0) is 63.4 Å². The minimum Gasteiger partial charge on any atom is -0.461 e. The number of hydrogen-bond donors (Lipinski definition) is 1. The summed E-state index contributed by atoms with van der Waals surface area (Å²) in [4.78, 5) is 12.3. The van der Waals surface area contributed by atoms with E-state index < -0.39 is 0 Å². The number of benzene rings is 2. The number of rotatable bonds is 8. The lowest BCUT2D eigenvalue weighted by molar-refractivity contribution is 0.0514. The number of nitrogens with one attached hydrogen (secondary N) is 1. The topological polar surface area (TPSA) is 43.3 Å². The number of aryl methyl sites for hydroxylation is 1. The molecule has 28 heavy (non-hydrogen) atoms. The van der Waals surface area contributed by atoms with Gasteiger partial charge in [-0.1, -0.05) is 36.4 Å². The van der Waals surface area contributed by atoms with E-state index in [2.05, 4.69) is 61.6 Å². The van der Waals surface area contributed by atoms with Crippen LogP contribution in [0.25, 0.3) is 10.9 Å². The normalized spacial score (nSPS) is 13.4. The number of carbonyl (C=O) groups excluding carboxylic acids is 1. The van der Waals surface area contributed by atoms with Gasteiger partial charge >= 0.3 is 5.97 Å². The highest BCUT2D eigenvalue weighted by molar-refractivity contribution is 5.95. The number of esters is 1. The van der Waals surface area contributed by atoms with Crippen LogP contribution in [0.4, 0.5) is 0 Å². The summed E-state index contributed by atoms with van der Waals surface area (Å²) < 4.78 is 7.23. The van der Waals surface area contributed by atoms with Crippen molar-refractivity contribution in [3.05, 3.63) is 71.4 Å². The first kappa shape index (κ1) is 20.2. The van der Waals surface area contributed by atoms with Crippen molar-refractivity contribution in [2.24, 2.45) is 0 Å². The molecule has 0 saturated heterocycles. The summed E-state index contributed by atoms with van der Waals surface area (Å²) in [7, 11) is 0. The molecule has 3 aromatic rings. The fraction of sp³-hybridized carbons (Fsp3) is 0.375. The smallest absolute Gasteiger partial charge is 0.354 e. The highest BCUT2D eigenvalue weighted by atomic mass is 16.5. The molecule has 0 amide bonds. The number of ether oxygens (including phenoxy) is 1. The lowest BCUT2D eigenvalue weighted by Crippen LogP contribution is -2.30. The van der Waals surface area contributed by atoms with Crippen molar-refractivity contribution in [2.75, 3.05) is 6.61 Å². The fourth-order valence-corrected chi connectivity index (χ4v) is 3.84. The van der Waals surface area contributed by atoms with Gasteiger partial charge in [0.2, 0.25) is 0 Å². The second-order valence-corrected chi connectivity index (χ2v) is 7.29. The number of hydrogen-bond acceptors (Lipinski definition) is 3. The SMILES string of the molecule is CCOC(=O)c1cc2cc(C[C@@H](C)N[C@H](C)c3ccccc3)ccc2n1CC. The Balaban J connectivity index is 1.75. The molecule has 0 unspecified atom stereocenters. The molecule has 0 spiro atoms. The second kappa shape index (κ2) is 9.07. The minimum atomic E-state index is -0.256. The maximum absolute atomic E-state index is 12.3. The second-order valence-electron chi connectivity index (χ2n) is 7.29. The molecule has 0 aliphatic heterocycles. The van der Waals surface area contributed by atoms with Gasteiger partial charge in [0.1, 0.15) is 5.69 Å². The summed E-state index contributed by atoms with van der Waals surface area (Å²) in [6.07, 6.45) is 0.930. The van der Waals surface area contributed by atoms with Crippen LogP contribution in [0.1, 0.15) is 55.4 Å². The van der Waals surface area contributed by atoms with Gasteiger partial charge in [-0.25, -0.2) is 4.79 Å². The Morgan fingerprint density at radius 3 is 2.50 bits per heavy atom. The molecule has 0 aliphatic rings. The highest BCUT2D eigenvalue weighted by Crippen LogP contribution is 2.23. The van der Waals surface area contributed by atoms with Gasteiger partial charge in [0.15, 0.2) is 0 Å². The summed E-state index contributed by atoms with van der Waals surface area (Å²) in [5, 5.41) is 4.76. The summed E-state index contributed by atoms with van der Waals surface area (Å²) >= 11 is 0. The molecular formula is C24H30N2O2. The molecule has 148 valence electrons. The third-order valence-corrected chi connectivity index (χ3v) is 5.14. The zero-order chi connectivity index (χ0) is 20.1. The fourth-order valence-electron chi connectivity index (χ4n) is 3.84. The van der Waals surface area contributed by atoms with Gasteiger partial charge in [0.05, 0.1) is 6.61 Å². The predicted molar refractivity (Wildman–Crippen MR) is 115 cm³/mol. The Morgan fingerprint density at radius 1 is 1.07 bits per heavy atom. The first-order valence-corrected chi connectivity index (χ1v) is 10.1. The maximum atomic E-state index is 12.3. The van der Waals surface area contributed by atoms with E-state index in [1.165, 1.54) is 11.1 Å². The highest BCUT2D eigenvalue weighted by Gasteiger charge is 2.16. The van der Waals surface area contributed by atoms with Crippen molar-refractivity contribution in [2.45, 2.75) is 52.7 Å². The molecule has 0 radical (unpaired) electrons. The van der Waals surface area contributed by atoms with E-state index in [-0.39, 0.29) is 5.97 Å². The first-order chi connectivity index (χ1) is 13.5. The minimum absolute atomic E-state index is 0.256. The molecule has 0 bridgehead atoms. The maximum Gasteiger partial charge on any atom is 0.354 e. The summed E-state index contributed by atoms with van der Waals surface area (Å²) in [6.45, 7) is 9.42. The molecule has 0 aliphatic carbocycles. The van der Waals surface area contributed by atoms with Crippen LogP contribution in [0.3, 0.4) is 0 Å². The van der Waals surface area contributed by atoms with Crippen molar-refractivity contribution >= 4 is 16.9 Å². The molecule has 0 fully saturated rings. The van der Waals surface area contributed by atoms with Gasteiger partial charge in [-0.3, -0.25) is 0 Å². The molecule has 1 heterocycles. The standard InChI is InChI=1S/C24H30N2O2/c1-5-26-22-13-12-19(15-21(22)16-23(26)24(27)28-6-2)14-17(3)25-18(4)20-10-8-7-9-11-20/h7-13,15-18,25H,5-6,14H2,1-4H3/t17-,18-/m1/s1. The van der Waals surface area contributed by atoms with E-state index in [1.807, 2.05) is 30.5 Å². The average molecular weight is 379 g/mol. The Kier molecular flexibility index (Phi) is 6.53. The van der Waals surface area contributed by atoms with Gasteiger partial charge in [-0.2, -0.15) is 0 Å². The number of fused-ring (bicyclic) bond motifs is 1. The largest absolute Gasteiger partial charge is 0.461 e. The first-order valence-electron chi connectivity index (χ1n) is 10.1. The van der Waals surface area contributed by atoms with Crippen LogP contribution in [0.15, 0.2) is 54.6 Å². The van der Waals surface area contributed by atoms with Crippen LogP contribution >= 0.6 is 0 Å². The van der Waals surface area contributed by atoms with Crippen LogP contribution in [-0.4, -0.2) is 23.2 Å². The molecule has 1 N–H and O–H groups in total. The van der Waals surface area contributed by atoms with Gasteiger partial charge in [0, 0.05) is 29.5 Å². The summed E-state index contributed by atoms with van der Waals surface area (Å²) in [5.41, 5.74) is 4.26. The van der Waals surface area contributed by atoms with Crippen molar-refractivity contribution in [3.8, 4) is 0 Å². The monoisotopic (exact) mass is 378 g/mol. The van der Waals surface area contributed by atoms with Crippen LogP contribution in [0.2, 0.25) is 0 Å². The molecule has 3 rings (SSSR count). The van der Waals surface area contributed by atoms with Gasteiger partial charge in [-0.15, -0.1) is 0 Å². The van der Waals surface area contributed by atoms with Crippen LogP contribution in [0.5, 0.6) is 0 Å². The Hall–Kier alpha value is -2.59. The summed E-state index contributed by atoms with van der Waals surface area (Å²) in [5.74, 6) is -0.256. The average Bonchev–Trinajstić information content (AvgIpc) is 3.06. The van der Waals surface area contributed by atoms with Crippen molar-refractivity contribution in [1.82, 2.24) is 9.88 Å². The molecular weight excluding hydrogens is 348 g/mol. The molecule has 4 heteroatoms. The van der Waals surface area contributed by atoms with Crippen molar-refractivity contribution in [1.29, 1.82) is 0 Å². The van der Waals surface area contributed by atoms with Crippen molar-refractivity contribution < 1.29 is 9.53 Å². The molecule has 1 aromatic heterocycles. The third kappa shape index (κ3) is 4.45. The Bertz CT molecular complexity index is 930.